The third-order valence-electron chi connectivity index (χ3n) is 2.85. The number of benzene rings is 1. The van der Waals surface area contributed by atoms with Crippen molar-refractivity contribution in [3.8, 4) is 5.75 Å². The van der Waals surface area contributed by atoms with E-state index in [0.717, 1.165) is 18.9 Å². The van der Waals surface area contributed by atoms with Gasteiger partial charge in [0.05, 0.1) is 0 Å². The minimum Gasteiger partial charge on any atom is -0.491 e. The fourth-order valence-corrected chi connectivity index (χ4v) is 2.28. The molecule has 0 heterocycles. The molecular weight excluding hydrogens is 230 g/mol. The third-order valence-corrected chi connectivity index (χ3v) is 3.62. The van der Waals surface area contributed by atoms with Crippen molar-refractivity contribution >= 4 is 11.8 Å². The van der Waals surface area contributed by atoms with Gasteiger partial charge in [0.1, 0.15) is 12.4 Å². The fraction of sp³-hybridized carbons (Fsp3) is 0.571. The van der Waals surface area contributed by atoms with Gasteiger partial charge < -0.3 is 10.1 Å². The van der Waals surface area contributed by atoms with Crippen LogP contribution in [0.4, 0.5) is 0 Å². The minimum absolute atomic E-state index is 0.620. The number of ether oxygens (including phenoxy) is 1. The molecule has 1 aromatic carbocycles. The number of rotatable bonds is 8. The Morgan fingerprint density at radius 3 is 2.59 bits per heavy atom. The van der Waals surface area contributed by atoms with Crippen LogP contribution in [0.15, 0.2) is 29.2 Å². The molecule has 17 heavy (non-hydrogen) atoms. The molecule has 1 aromatic rings. The van der Waals surface area contributed by atoms with Crippen molar-refractivity contribution in [2.45, 2.75) is 37.6 Å². The molecule has 3 heteroatoms. The van der Waals surface area contributed by atoms with Crippen molar-refractivity contribution in [2.24, 2.45) is 0 Å². The van der Waals surface area contributed by atoms with Crippen LogP contribution < -0.4 is 10.1 Å². The lowest BCUT2D eigenvalue weighted by molar-refractivity contribution is 0.296. The SMILES string of the molecule is CCC(CC)NCCOc1ccccc1SC. The first-order valence-corrected chi connectivity index (χ1v) is 7.53. The van der Waals surface area contributed by atoms with E-state index in [2.05, 4.69) is 31.5 Å². The molecule has 0 unspecified atom stereocenters. The maximum atomic E-state index is 5.78. The first kappa shape index (κ1) is 14.4. The Hall–Kier alpha value is -0.670. The first-order chi connectivity index (χ1) is 8.31. The maximum absolute atomic E-state index is 5.78. The summed E-state index contributed by atoms with van der Waals surface area (Å²) in [6.45, 7) is 6.07. The Bertz CT molecular complexity index is 313. The molecule has 0 fully saturated rings. The van der Waals surface area contributed by atoms with Crippen LogP contribution in [0.3, 0.4) is 0 Å². The Labute approximate surface area is 109 Å². The predicted octanol–water partition coefficient (Wildman–Crippen LogP) is 3.57. The summed E-state index contributed by atoms with van der Waals surface area (Å²) in [5, 5.41) is 3.50. The number of hydrogen-bond donors (Lipinski definition) is 1. The van der Waals surface area contributed by atoms with E-state index >= 15 is 0 Å². The summed E-state index contributed by atoms with van der Waals surface area (Å²) in [5.74, 6) is 0.992. The molecule has 0 aliphatic carbocycles. The topological polar surface area (TPSA) is 21.3 Å². The van der Waals surface area contributed by atoms with Crippen LogP contribution in [0, 0.1) is 0 Å². The molecule has 1 rings (SSSR count). The molecule has 0 aliphatic rings. The van der Waals surface area contributed by atoms with Crippen LogP contribution in [0.1, 0.15) is 26.7 Å². The van der Waals surface area contributed by atoms with Gasteiger partial charge in [-0.2, -0.15) is 0 Å². The number of thioether (sulfide) groups is 1. The molecule has 0 saturated heterocycles. The molecule has 2 nitrogen and oxygen atoms in total. The second-order valence-electron chi connectivity index (χ2n) is 3.97. The van der Waals surface area contributed by atoms with Gasteiger partial charge in [0.2, 0.25) is 0 Å². The fourth-order valence-electron chi connectivity index (χ4n) is 1.74. The van der Waals surface area contributed by atoms with Gasteiger partial charge in [-0.3, -0.25) is 0 Å². The zero-order valence-electron chi connectivity index (χ0n) is 11.0. The highest BCUT2D eigenvalue weighted by molar-refractivity contribution is 7.98. The zero-order chi connectivity index (χ0) is 12.5. The zero-order valence-corrected chi connectivity index (χ0v) is 11.8. The third kappa shape index (κ3) is 5.00. The first-order valence-electron chi connectivity index (χ1n) is 6.31. The van der Waals surface area contributed by atoms with Gasteiger partial charge in [-0.1, -0.05) is 26.0 Å². The van der Waals surface area contributed by atoms with Crippen molar-refractivity contribution in [1.82, 2.24) is 5.32 Å². The van der Waals surface area contributed by atoms with Crippen LogP contribution >= 0.6 is 11.8 Å². The Balaban J connectivity index is 2.30. The van der Waals surface area contributed by atoms with Crippen molar-refractivity contribution in [3.05, 3.63) is 24.3 Å². The highest BCUT2D eigenvalue weighted by Crippen LogP contribution is 2.26. The maximum Gasteiger partial charge on any atom is 0.132 e. The summed E-state index contributed by atoms with van der Waals surface area (Å²) in [5.41, 5.74) is 0. The second-order valence-corrected chi connectivity index (χ2v) is 4.81. The Morgan fingerprint density at radius 2 is 1.94 bits per heavy atom. The van der Waals surface area contributed by atoms with E-state index in [-0.39, 0.29) is 0 Å². The second kappa shape index (κ2) is 8.43. The standard InChI is InChI=1S/C14H23NOS/c1-4-12(5-2)15-10-11-16-13-8-6-7-9-14(13)17-3/h6-9,12,15H,4-5,10-11H2,1-3H3. The van der Waals surface area contributed by atoms with E-state index < -0.39 is 0 Å². The summed E-state index contributed by atoms with van der Waals surface area (Å²) >= 11 is 1.72. The smallest absolute Gasteiger partial charge is 0.132 e. The van der Waals surface area contributed by atoms with E-state index in [1.54, 1.807) is 11.8 Å². The predicted molar refractivity (Wildman–Crippen MR) is 76.1 cm³/mol. The van der Waals surface area contributed by atoms with Crippen LogP contribution in [0.5, 0.6) is 5.75 Å². The number of hydrogen-bond acceptors (Lipinski definition) is 3. The molecular formula is C14H23NOS. The van der Waals surface area contributed by atoms with Gasteiger partial charge in [-0.15, -0.1) is 11.8 Å². The van der Waals surface area contributed by atoms with Gasteiger partial charge in [0, 0.05) is 17.5 Å². The molecule has 0 radical (unpaired) electrons. The molecule has 0 atom stereocenters. The van der Waals surface area contributed by atoms with Crippen molar-refractivity contribution < 1.29 is 4.74 Å². The van der Waals surface area contributed by atoms with Gasteiger partial charge in [0.25, 0.3) is 0 Å². The molecule has 0 amide bonds. The van der Waals surface area contributed by atoms with E-state index in [4.69, 9.17) is 4.74 Å². The average molecular weight is 253 g/mol. The van der Waals surface area contributed by atoms with Crippen molar-refractivity contribution in [2.75, 3.05) is 19.4 Å². The van der Waals surface area contributed by atoms with E-state index in [1.165, 1.54) is 17.7 Å². The van der Waals surface area contributed by atoms with Crippen LogP contribution in [0.2, 0.25) is 0 Å². The van der Waals surface area contributed by atoms with E-state index in [9.17, 15) is 0 Å². The molecule has 0 aliphatic heterocycles. The van der Waals surface area contributed by atoms with Gasteiger partial charge in [-0.05, 0) is 31.2 Å². The molecule has 0 bridgehead atoms. The van der Waals surface area contributed by atoms with Gasteiger partial charge in [-0.25, -0.2) is 0 Å². The summed E-state index contributed by atoms with van der Waals surface area (Å²) in [6, 6.07) is 8.80. The van der Waals surface area contributed by atoms with Crippen LogP contribution in [-0.2, 0) is 0 Å². The number of para-hydroxylation sites is 1. The van der Waals surface area contributed by atoms with Crippen molar-refractivity contribution in [1.29, 1.82) is 0 Å². The van der Waals surface area contributed by atoms with Crippen LogP contribution in [-0.4, -0.2) is 25.4 Å². The molecule has 1 N–H and O–H groups in total. The Morgan fingerprint density at radius 1 is 1.24 bits per heavy atom. The summed E-state index contributed by atoms with van der Waals surface area (Å²) in [4.78, 5) is 1.20. The van der Waals surface area contributed by atoms with E-state index in [0.29, 0.717) is 6.04 Å². The monoisotopic (exact) mass is 253 g/mol. The summed E-state index contributed by atoms with van der Waals surface area (Å²) in [6.07, 6.45) is 4.43. The average Bonchev–Trinajstić information content (AvgIpc) is 2.39. The van der Waals surface area contributed by atoms with Crippen molar-refractivity contribution in [3.63, 3.8) is 0 Å². The molecule has 0 saturated carbocycles. The van der Waals surface area contributed by atoms with Gasteiger partial charge in [0.15, 0.2) is 0 Å². The highest BCUT2D eigenvalue weighted by Gasteiger charge is 2.03. The quantitative estimate of drug-likeness (QED) is 0.565. The van der Waals surface area contributed by atoms with E-state index in [1.807, 2.05) is 18.2 Å². The van der Waals surface area contributed by atoms with Crippen LogP contribution in [0.25, 0.3) is 0 Å². The Kier molecular flexibility index (Phi) is 7.13. The number of nitrogens with one attached hydrogen (secondary N) is 1. The summed E-state index contributed by atoms with van der Waals surface area (Å²) < 4.78 is 5.78. The highest BCUT2D eigenvalue weighted by atomic mass is 32.2. The molecule has 0 spiro atoms. The largest absolute Gasteiger partial charge is 0.491 e. The minimum atomic E-state index is 0.620. The molecule has 96 valence electrons. The lowest BCUT2D eigenvalue weighted by Gasteiger charge is -2.15. The normalized spacial score (nSPS) is 10.8. The van der Waals surface area contributed by atoms with Gasteiger partial charge >= 0.3 is 0 Å². The molecule has 0 aromatic heterocycles. The lowest BCUT2D eigenvalue weighted by Crippen LogP contribution is -2.31. The summed E-state index contributed by atoms with van der Waals surface area (Å²) in [7, 11) is 0. The lowest BCUT2D eigenvalue weighted by atomic mass is 10.2.